The standard InChI is InChI=1S/C17H14BrF3N2O4/c18-11-5-6-13(22)12(7-11)16(25)26-9-15(24)23-8-10-3-1-2-4-14(10)27-17(19,20)21/h1-7H,8-9,22H2,(H,23,24). The van der Waals surface area contributed by atoms with Crippen LogP contribution >= 0.6 is 15.9 Å². The molecule has 0 atom stereocenters. The molecule has 10 heteroatoms. The summed E-state index contributed by atoms with van der Waals surface area (Å²) in [5.74, 6) is -1.92. The van der Waals surface area contributed by atoms with Crippen molar-refractivity contribution >= 4 is 33.5 Å². The molecule has 2 aromatic carbocycles. The summed E-state index contributed by atoms with van der Waals surface area (Å²) >= 11 is 3.19. The molecule has 3 N–H and O–H groups in total. The van der Waals surface area contributed by atoms with Crippen LogP contribution in [-0.2, 0) is 16.1 Å². The van der Waals surface area contributed by atoms with E-state index in [0.29, 0.717) is 4.47 Å². The minimum Gasteiger partial charge on any atom is -0.452 e. The topological polar surface area (TPSA) is 90.7 Å². The highest BCUT2D eigenvalue weighted by molar-refractivity contribution is 9.10. The van der Waals surface area contributed by atoms with Gasteiger partial charge in [0.25, 0.3) is 5.91 Å². The molecular weight excluding hydrogens is 433 g/mol. The Bertz CT molecular complexity index is 843. The lowest BCUT2D eigenvalue weighted by atomic mass is 10.2. The number of benzene rings is 2. The molecular formula is C17H14BrF3N2O4. The Morgan fingerprint density at radius 1 is 1.15 bits per heavy atom. The summed E-state index contributed by atoms with van der Waals surface area (Å²) in [4.78, 5) is 23.8. The van der Waals surface area contributed by atoms with Gasteiger partial charge in [0, 0.05) is 22.3 Å². The quantitative estimate of drug-likeness (QED) is 0.524. The first-order valence-electron chi connectivity index (χ1n) is 7.48. The van der Waals surface area contributed by atoms with Gasteiger partial charge in [-0.3, -0.25) is 4.79 Å². The van der Waals surface area contributed by atoms with E-state index >= 15 is 0 Å². The molecule has 0 aliphatic rings. The fourth-order valence-corrected chi connectivity index (χ4v) is 2.39. The van der Waals surface area contributed by atoms with Crippen LogP contribution in [0.15, 0.2) is 46.9 Å². The lowest BCUT2D eigenvalue weighted by Crippen LogP contribution is -2.29. The van der Waals surface area contributed by atoms with Gasteiger partial charge in [0.05, 0.1) is 5.56 Å². The van der Waals surface area contributed by atoms with Crippen LogP contribution < -0.4 is 15.8 Å². The van der Waals surface area contributed by atoms with Gasteiger partial charge in [0.1, 0.15) is 5.75 Å². The number of nitrogens with one attached hydrogen (secondary N) is 1. The van der Waals surface area contributed by atoms with Crippen LogP contribution in [0.1, 0.15) is 15.9 Å². The van der Waals surface area contributed by atoms with Crippen LogP contribution in [0, 0.1) is 0 Å². The van der Waals surface area contributed by atoms with Crippen molar-refractivity contribution in [2.24, 2.45) is 0 Å². The largest absolute Gasteiger partial charge is 0.573 e. The maximum absolute atomic E-state index is 12.4. The van der Waals surface area contributed by atoms with Crippen LogP contribution in [0.25, 0.3) is 0 Å². The van der Waals surface area contributed by atoms with Crippen molar-refractivity contribution in [3.63, 3.8) is 0 Å². The third-order valence-electron chi connectivity index (χ3n) is 3.24. The fourth-order valence-electron chi connectivity index (χ4n) is 2.03. The average Bonchev–Trinajstić information content (AvgIpc) is 2.59. The van der Waals surface area contributed by atoms with E-state index in [1.165, 1.54) is 30.3 Å². The molecule has 0 aliphatic heterocycles. The summed E-state index contributed by atoms with van der Waals surface area (Å²) in [6.07, 6.45) is -4.85. The Labute approximate surface area is 160 Å². The van der Waals surface area contributed by atoms with Crippen LogP contribution in [-0.4, -0.2) is 24.8 Å². The van der Waals surface area contributed by atoms with E-state index < -0.39 is 30.6 Å². The van der Waals surface area contributed by atoms with Crippen molar-refractivity contribution in [2.75, 3.05) is 12.3 Å². The number of hydrogen-bond acceptors (Lipinski definition) is 5. The van der Waals surface area contributed by atoms with Gasteiger partial charge in [-0.25, -0.2) is 4.79 Å². The Hall–Kier alpha value is -2.75. The SMILES string of the molecule is Nc1ccc(Br)cc1C(=O)OCC(=O)NCc1ccccc1OC(F)(F)F. The maximum atomic E-state index is 12.4. The summed E-state index contributed by atoms with van der Waals surface area (Å²) in [5.41, 5.74) is 6.05. The summed E-state index contributed by atoms with van der Waals surface area (Å²) in [5, 5.41) is 2.35. The predicted octanol–water partition coefficient (Wildman–Crippen LogP) is 3.40. The summed E-state index contributed by atoms with van der Waals surface area (Å²) in [6, 6.07) is 9.95. The molecule has 0 saturated heterocycles. The number of hydrogen-bond donors (Lipinski definition) is 2. The highest BCUT2D eigenvalue weighted by Crippen LogP contribution is 2.26. The molecule has 2 aromatic rings. The Balaban J connectivity index is 1.90. The highest BCUT2D eigenvalue weighted by Gasteiger charge is 2.32. The number of nitrogen functional groups attached to an aromatic ring is 1. The van der Waals surface area contributed by atoms with E-state index in [4.69, 9.17) is 10.5 Å². The number of carbonyl (C=O) groups is 2. The monoisotopic (exact) mass is 446 g/mol. The molecule has 0 saturated carbocycles. The second kappa shape index (κ2) is 8.76. The number of ether oxygens (including phenoxy) is 2. The zero-order valence-electron chi connectivity index (χ0n) is 13.7. The number of anilines is 1. The number of amides is 1. The second-order valence-electron chi connectivity index (χ2n) is 5.24. The highest BCUT2D eigenvalue weighted by atomic mass is 79.9. The predicted molar refractivity (Wildman–Crippen MR) is 93.8 cm³/mol. The third-order valence-corrected chi connectivity index (χ3v) is 3.74. The van der Waals surface area contributed by atoms with Gasteiger partial charge in [-0.1, -0.05) is 34.1 Å². The normalized spacial score (nSPS) is 11.0. The van der Waals surface area contributed by atoms with Crippen molar-refractivity contribution in [1.29, 1.82) is 0 Å². The molecule has 144 valence electrons. The van der Waals surface area contributed by atoms with Gasteiger partial charge < -0.3 is 20.5 Å². The van der Waals surface area contributed by atoms with Crippen molar-refractivity contribution in [2.45, 2.75) is 12.9 Å². The number of rotatable bonds is 6. The summed E-state index contributed by atoms with van der Waals surface area (Å²) in [7, 11) is 0. The molecule has 0 fully saturated rings. The first kappa shape index (κ1) is 20.6. The van der Waals surface area contributed by atoms with E-state index in [1.54, 1.807) is 6.07 Å². The number of esters is 1. The number of para-hydroxylation sites is 1. The zero-order valence-corrected chi connectivity index (χ0v) is 15.3. The minimum absolute atomic E-state index is 0.0843. The van der Waals surface area contributed by atoms with Gasteiger partial charge in [-0.05, 0) is 24.3 Å². The number of nitrogens with two attached hydrogens (primary N) is 1. The minimum atomic E-state index is -4.85. The van der Waals surface area contributed by atoms with E-state index in [0.717, 1.165) is 6.07 Å². The molecule has 0 aromatic heterocycles. The molecule has 27 heavy (non-hydrogen) atoms. The maximum Gasteiger partial charge on any atom is 0.573 e. The first-order valence-corrected chi connectivity index (χ1v) is 8.27. The molecule has 0 spiro atoms. The molecule has 0 heterocycles. The van der Waals surface area contributed by atoms with Crippen LogP contribution in [0.4, 0.5) is 18.9 Å². The van der Waals surface area contributed by atoms with Crippen molar-refractivity contribution in [3.05, 3.63) is 58.1 Å². The van der Waals surface area contributed by atoms with Crippen molar-refractivity contribution in [1.82, 2.24) is 5.32 Å². The van der Waals surface area contributed by atoms with Crippen molar-refractivity contribution < 1.29 is 32.2 Å². The zero-order chi connectivity index (χ0) is 20.0. The molecule has 6 nitrogen and oxygen atoms in total. The number of carbonyl (C=O) groups excluding carboxylic acids is 2. The van der Waals surface area contributed by atoms with Gasteiger partial charge in [0.2, 0.25) is 0 Å². The summed E-state index contributed by atoms with van der Waals surface area (Å²) in [6.45, 7) is -0.852. The molecule has 0 radical (unpaired) electrons. The van der Waals surface area contributed by atoms with E-state index in [-0.39, 0.29) is 23.4 Å². The Kier molecular flexibility index (Phi) is 6.67. The van der Waals surface area contributed by atoms with E-state index in [9.17, 15) is 22.8 Å². The van der Waals surface area contributed by atoms with Crippen LogP contribution in [0.3, 0.4) is 0 Å². The Morgan fingerprint density at radius 3 is 2.56 bits per heavy atom. The molecule has 0 aliphatic carbocycles. The second-order valence-corrected chi connectivity index (χ2v) is 6.16. The first-order chi connectivity index (χ1) is 12.7. The molecule has 0 unspecified atom stereocenters. The van der Waals surface area contributed by atoms with Crippen molar-refractivity contribution in [3.8, 4) is 5.75 Å². The molecule has 1 amide bonds. The number of alkyl halides is 3. The molecule has 2 rings (SSSR count). The third kappa shape index (κ3) is 6.48. The molecule has 0 bridgehead atoms. The fraction of sp³-hybridized carbons (Fsp3) is 0.176. The average molecular weight is 447 g/mol. The smallest absolute Gasteiger partial charge is 0.452 e. The van der Waals surface area contributed by atoms with Gasteiger partial charge in [-0.15, -0.1) is 13.2 Å². The van der Waals surface area contributed by atoms with Crippen LogP contribution in [0.5, 0.6) is 5.75 Å². The van der Waals surface area contributed by atoms with Gasteiger partial charge in [-0.2, -0.15) is 0 Å². The lowest BCUT2D eigenvalue weighted by Gasteiger charge is -2.13. The Morgan fingerprint density at radius 2 is 1.85 bits per heavy atom. The van der Waals surface area contributed by atoms with Gasteiger partial charge >= 0.3 is 12.3 Å². The van der Waals surface area contributed by atoms with Gasteiger partial charge in [0.15, 0.2) is 6.61 Å². The lowest BCUT2D eigenvalue weighted by molar-refractivity contribution is -0.274. The number of halogens is 4. The summed E-state index contributed by atoms with van der Waals surface area (Å²) < 4.78 is 46.5. The van der Waals surface area contributed by atoms with E-state index in [1.807, 2.05) is 0 Å². The van der Waals surface area contributed by atoms with Crippen LogP contribution in [0.2, 0.25) is 0 Å². The van der Waals surface area contributed by atoms with E-state index in [2.05, 4.69) is 26.0 Å².